The van der Waals surface area contributed by atoms with Crippen LogP contribution in [-0.2, 0) is 4.74 Å². The second-order valence-corrected chi connectivity index (χ2v) is 6.41. The van der Waals surface area contributed by atoms with Crippen molar-refractivity contribution in [2.75, 3.05) is 46.9 Å². The van der Waals surface area contributed by atoms with Gasteiger partial charge in [-0.3, -0.25) is 4.90 Å². The summed E-state index contributed by atoms with van der Waals surface area (Å²) in [4.78, 5) is 18.1. The second-order valence-electron chi connectivity index (χ2n) is 6.41. The summed E-state index contributed by atoms with van der Waals surface area (Å²) in [5.74, 6) is 0.837. The van der Waals surface area contributed by atoms with Crippen molar-refractivity contribution in [1.82, 2.24) is 14.7 Å². The molecule has 0 bridgehead atoms. The molecule has 0 unspecified atom stereocenters. The zero-order valence-corrected chi connectivity index (χ0v) is 12.0. The molecule has 1 saturated carbocycles. The molecule has 19 heavy (non-hydrogen) atoms. The normalized spacial score (nSPS) is 31.4. The molecule has 0 spiro atoms. The van der Waals surface area contributed by atoms with Crippen LogP contribution in [0.1, 0.15) is 19.3 Å². The highest BCUT2D eigenvalue weighted by Crippen LogP contribution is 2.31. The number of ether oxygens (including phenoxy) is 1. The fourth-order valence-corrected chi connectivity index (χ4v) is 3.13. The van der Waals surface area contributed by atoms with Gasteiger partial charge in [0.2, 0.25) is 0 Å². The summed E-state index contributed by atoms with van der Waals surface area (Å²) in [7, 11) is 3.65. The van der Waals surface area contributed by atoms with Crippen LogP contribution >= 0.6 is 0 Å². The minimum absolute atomic E-state index is 0.141. The zero-order valence-electron chi connectivity index (χ0n) is 12.0. The first kappa shape index (κ1) is 13.2. The number of hydrogen-bond donors (Lipinski definition) is 0. The van der Waals surface area contributed by atoms with E-state index in [0.29, 0.717) is 12.1 Å². The van der Waals surface area contributed by atoms with Gasteiger partial charge in [-0.1, -0.05) is 0 Å². The Labute approximate surface area is 115 Å². The maximum absolute atomic E-state index is 12.0. The number of hydrogen-bond acceptors (Lipinski definition) is 3. The Morgan fingerprint density at radius 3 is 2.74 bits per heavy atom. The molecule has 2 aliphatic heterocycles. The topological polar surface area (TPSA) is 36.0 Å². The summed E-state index contributed by atoms with van der Waals surface area (Å²) in [6.45, 7) is 4.71. The van der Waals surface area contributed by atoms with Crippen molar-refractivity contribution in [2.45, 2.75) is 31.4 Å². The third-order valence-electron chi connectivity index (χ3n) is 4.50. The molecule has 0 aromatic rings. The molecule has 3 fully saturated rings. The van der Waals surface area contributed by atoms with Crippen LogP contribution in [0.15, 0.2) is 0 Å². The summed E-state index contributed by atoms with van der Waals surface area (Å²) < 4.78 is 6.01. The van der Waals surface area contributed by atoms with Gasteiger partial charge in [0, 0.05) is 52.9 Å². The quantitative estimate of drug-likeness (QED) is 0.761. The molecule has 5 heteroatoms. The van der Waals surface area contributed by atoms with E-state index in [1.165, 1.54) is 12.8 Å². The molecule has 0 N–H and O–H groups in total. The molecule has 2 heterocycles. The van der Waals surface area contributed by atoms with E-state index in [-0.39, 0.29) is 6.03 Å². The number of amides is 2. The fourth-order valence-electron chi connectivity index (χ4n) is 3.13. The van der Waals surface area contributed by atoms with Crippen molar-refractivity contribution < 1.29 is 9.53 Å². The Balaban J connectivity index is 1.49. The van der Waals surface area contributed by atoms with Gasteiger partial charge in [-0.2, -0.15) is 0 Å². The summed E-state index contributed by atoms with van der Waals surface area (Å²) in [6, 6.07) is 0.642. The average Bonchev–Trinajstić information content (AvgIpc) is 3.13. The molecule has 2 saturated heterocycles. The van der Waals surface area contributed by atoms with Crippen LogP contribution in [0, 0.1) is 5.92 Å². The molecule has 2 amide bonds. The third-order valence-corrected chi connectivity index (χ3v) is 4.50. The lowest BCUT2D eigenvalue weighted by Crippen LogP contribution is -2.54. The number of urea groups is 1. The Hall–Kier alpha value is -0.810. The zero-order chi connectivity index (χ0) is 13.4. The summed E-state index contributed by atoms with van der Waals surface area (Å²) >= 11 is 0. The Morgan fingerprint density at radius 1 is 1.26 bits per heavy atom. The monoisotopic (exact) mass is 267 g/mol. The number of piperazine rings is 1. The van der Waals surface area contributed by atoms with E-state index in [2.05, 4.69) is 4.90 Å². The van der Waals surface area contributed by atoms with Crippen molar-refractivity contribution in [1.29, 1.82) is 0 Å². The van der Waals surface area contributed by atoms with Gasteiger partial charge in [-0.15, -0.1) is 0 Å². The highest BCUT2D eigenvalue weighted by atomic mass is 16.5. The molecule has 3 rings (SSSR count). The Morgan fingerprint density at radius 2 is 2.05 bits per heavy atom. The summed E-state index contributed by atoms with van der Waals surface area (Å²) in [5.41, 5.74) is 0. The van der Waals surface area contributed by atoms with Crippen LogP contribution < -0.4 is 0 Å². The minimum Gasteiger partial charge on any atom is -0.377 e. The maximum atomic E-state index is 12.0. The van der Waals surface area contributed by atoms with Gasteiger partial charge >= 0.3 is 6.03 Å². The number of nitrogens with zero attached hydrogens (tertiary/aromatic N) is 3. The molecule has 0 aromatic heterocycles. The Kier molecular flexibility index (Phi) is 3.67. The van der Waals surface area contributed by atoms with E-state index in [1.54, 1.807) is 4.90 Å². The largest absolute Gasteiger partial charge is 0.377 e. The fraction of sp³-hybridized carbons (Fsp3) is 0.929. The first-order valence-corrected chi connectivity index (χ1v) is 7.45. The van der Waals surface area contributed by atoms with Crippen molar-refractivity contribution in [3.05, 3.63) is 0 Å². The predicted molar refractivity (Wildman–Crippen MR) is 73.1 cm³/mol. The van der Waals surface area contributed by atoms with Crippen LogP contribution in [0.2, 0.25) is 0 Å². The minimum atomic E-state index is 0.141. The molecule has 108 valence electrons. The molecule has 2 atom stereocenters. The van der Waals surface area contributed by atoms with Gasteiger partial charge in [0.05, 0.1) is 6.10 Å². The van der Waals surface area contributed by atoms with Crippen molar-refractivity contribution in [2.24, 2.45) is 5.92 Å². The van der Waals surface area contributed by atoms with Crippen LogP contribution in [0.4, 0.5) is 4.79 Å². The molecule has 3 aliphatic rings. The van der Waals surface area contributed by atoms with Gasteiger partial charge in [0.1, 0.15) is 0 Å². The number of carbonyl (C=O) groups is 1. The van der Waals surface area contributed by atoms with Crippen LogP contribution in [0.25, 0.3) is 0 Å². The first-order chi connectivity index (χ1) is 9.13. The lowest BCUT2D eigenvalue weighted by atomic mass is 10.1. The van der Waals surface area contributed by atoms with Crippen LogP contribution in [0.3, 0.4) is 0 Å². The standard InChI is InChI=1S/C14H25N3O2/c1-15(2)14(18)17-6-5-16-9-13(7-12(16)8-17)19-10-11-3-4-11/h11-13H,3-10H2,1-2H3/t12-,13+/m1/s1. The average molecular weight is 267 g/mol. The lowest BCUT2D eigenvalue weighted by molar-refractivity contribution is 0.0513. The summed E-state index contributed by atoms with van der Waals surface area (Å²) in [6.07, 6.45) is 4.18. The van der Waals surface area contributed by atoms with Gasteiger partial charge in [0.15, 0.2) is 0 Å². The highest BCUT2D eigenvalue weighted by molar-refractivity contribution is 5.74. The predicted octanol–water partition coefficient (Wildman–Crippen LogP) is 0.853. The van der Waals surface area contributed by atoms with Crippen LogP contribution in [0.5, 0.6) is 0 Å². The van der Waals surface area contributed by atoms with E-state index in [1.807, 2.05) is 19.0 Å². The third kappa shape index (κ3) is 3.03. The van der Waals surface area contributed by atoms with Gasteiger partial charge in [-0.25, -0.2) is 4.79 Å². The second kappa shape index (κ2) is 5.29. The summed E-state index contributed by atoms with van der Waals surface area (Å²) in [5, 5.41) is 0. The van der Waals surface area contributed by atoms with Gasteiger partial charge < -0.3 is 14.5 Å². The van der Waals surface area contributed by atoms with Gasteiger partial charge in [-0.05, 0) is 25.2 Å². The number of fused-ring (bicyclic) bond motifs is 1. The maximum Gasteiger partial charge on any atom is 0.319 e. The highest BCUT2D eigenvalue weighted by Gasteiger charge is 2.38. The molecule has 0 radical (unpaired) electrons. The molecular formula is C14H25N3O2. The number of rotatable bonds is 3. The SMILES string of the molecule is CN(C)C(=O)N1CCN2C[C@@H](OCC3CC3)C[C@@H]2C1. The molecule has 0 aromatic carbocycles. The van der Waals surface area contributed by atoms with Crippen molar-refractivity contribution >= 4 is 6.03 Å². The first-order valence-electron chi connectivity index (χ1n) is 7.45. The molecular weight excluding hydrogens is 242 g/mol. The van der Waals surface area contributed by atoms with E-state index in [9.17, 15) is 4.79 Å². The van der Waals surface area contributed by atoms with E-state index >= 15 is 0 Å². The van der Waals surface area contributed by atoms with E-state index in [0.717, 1.165) is 45.1 Å². The van der Waals surface area contributed by atoms with Crippen molar-refractivity contribution in [3.63, 3.8) is 0 Å². The number of carbonyl (C=O) groups excluding carboxylic acids is 1. The molecule has 1 aliphatic carbocycles. The Bertz CT molecular complexity index is 344. The van der Waals surface area contributed by atoms with Gasteiger partial charge in [0.25, 0.3) is 0 Å². The van der Waals surface area contributed by atoms with E-state index < -0.39 is 0 Å². The van der Waals surface area contributed by atoms with Crippen molar-refractivity contribution in [3.8, 4) is 0 Å². The lowest BCUT2D eigenvalue weighted by Gasteiger charge is -2.38. The smallest absolute Gasteiger partial charge is 0.319 e. The van der Waals surface area contributed by atoms with Crippen LogP contribution in [-0.4, -0.2) is 79.8 Å². The van der Waals surface area contributed by atoms with E-state index in [4.69, 9.17) is 4.74 Å². The molecule has 5 nitrogen and oxygen atoms in total.